The van der Waals surface area contributed by atoms with Crippen molar-refractivity contribution in [3.63, 3.8) is 0 Å². The molecule has 7 heteroatoms. The summed E-state index contributed by atoms with van der Waals surface area (Å²) in [6.45, 7) is 6.04. The fourth-order valence-electron chi connectivity index (χ4n) is 4.21. The number of ether oxygens (including phenoxy) is 2. The average Bonchev–Trinajstić information content (AvgIpc) is 3.03. The number of hydrogen-bond acceptors (Lipinski definition) is 7. The lowest BCUT2D eigenvalue weighted by Crippen LogP contribution is -2.28. The van der Waals surface area contributed by atoms with Gasteiger partial charge in [0.05, 0.1) is 18.8 Å². The van der Waals surface area contributed by atoms with E-state index in [0.29, 0.717) is 25.7 Å². The Balaban J connectivity index is 3.95. The summed E-state index contributed by atoms with van der Waals surface area (Å²) in [5.41, 5.74) is 0. The number of hydrogen-bond donors (Lipinski definition) is 3. The molecular formula is C38H62O7. The van der Waals surface area contributed by atoms with E-state index in [2.05, 4.69) is 20.8 Å². The van der Waals surface area contributed by atoms with Gasteiger partial charge in [-0.1, -0.05) is 139 Å². The Morgan fingerprint density at radius 3 is 2.09 bits per heavy atom. The average molecular weight is 631 g/mol. The molecule has 0 spiro atoms. The third kappa shape index (κ3) is 29.7. The standard InChI is InChI=1S/C38H62O7/c1-4-6-17-25-34(40)26-19-13-8-7-9-14-20-27-35(41)28-21-16-23-29-37(42)44-32-36(31-39)45-38(43)30-22-15-11-10-12-18-24-33(3)5-2/h6,8-9,13-14,17,19-21,26-28,33-36,39-41H,4-5,7,10-12,15-16,18,22-25,29-32H2,1-3H3/b13-8-,14-9-,17-6-,26-19+,27-20+,28-21-/t33?,34-,35-,36+/m1/s1. The molecule has 0 radical (unpaired) electrons. The second-order valence-electron chi connectivity index (χ2n) is 11.5. The third-order valence-electron chi connectivity index (χ3n) is 7.23. The number of unbranched alkanes of at least 4 members (excludes halogenated alkanes) is 6. The Labute approximate surface area is 273 Å². The molecule has 256 valence electrons. The number of carbonyl (C=O) groups is 2. The van der Waals surface area contributed by atoms with Crippen LogP contribution in [0.2, 0.25) is 0 Å². The zero-order valence-electron chi connectivity index (χ0n) is 28.2. The van der Waals surface area contributed by atoms with E-state index in [0.717, 1.165) is 38.0 Å². The molecular weight excluding hydrogens is 568 g/mol. The molecule has 3 N–H and O–H groups in total. The highest BCUT2D eigenvalue weighted by Crippen LogP contribution is 2.15. The first-order valence-electron chi connectivity index (χ1n) is 17.1. The summed E-state index contributed by atoms with van der Waals surface area (Å²) in [5, 5.41) is 29.3. The minimum Gasteiger partial charge on any atom is -0.462 e. The first kappa shape index (κ1) is 42.3. The summed E-state index contributed by atoms with van der Waals surface area (Å²) in [6.07, 6.45) is 33.3. The van der Waals surface area contributed by atoms with E-state index < -0.39 is 30.9 Å². The van der Waals surface area contributed by atoms with Gasteiger partial charge in [-0.25, -0.2) is 0 Å². The van der Waals surface area contributed by atoms with Crippen LogP contribution in [-0.2, 0) is 19.1 Å². The van der Waals surface area contributed by atoms with Gasteiger partial charge in [-0.15, -0.1) is 0 Å². The number of aliphatic hydroxyl groups is 3. The predicted octanol–water partition coefficient (Wildman–Crippen LogP) is 8.02. The third-order valence-corrected chi connectivity index (χ3v) is 7.23. The van der Waals surface area contributed by atoms with Crippen LogP contribution in [-0.4, -0.2) is 58.8 Å². The molecule has 4 atom stereocenters. The highest BCUT2D eigenvalue weighted by molar-refractivity contribution is 5.70. The van der Waals surface area contributed by atoms with Gasteiger partial charge < -0.3 is 24.8 Å². The van der Waals surface area contributed by atoms with Gasteiger partial charge in [0, 0.05) is 12.8 Å². The van der Waals surface area contributed by atoms with Gasteiger partial charge >= 0.3 is 11.9 Å². The van der Waals surface area contributed by atoms with E-state index in [4.69, 9.17) is 9.47 Å². The zero-order chi connectivity index (χ0) is 33.4. The Kier molecular flexibility index (Phi) is 29.3. The Morgan fingerprint density at radius 2 is 1.40 bits per heavy atom. The monoisotopic (exact) mass is 630 g/mol. The molecule has 0 aliphatic carbocycles. The van der Waals surface area contributed by atoms with E-state index >= 15 is 0 Å². The molecule has 0 aromatic rings. The fourth-order valence-corrected chi connectivity index (χ4v) is 4.21. The summed E-state index contributed by atoms with van der Waals surface area (Å²) >= 11 is 0. The minimum absolute atomic E-state index is 0.156. The topological polar surface area (TPSA) is 113 Å². The van der Waals surface area contributed by atoms with Crippen molar-refractivity contribution in [3.8, 4) is 0 Å². The van der Waals surface area contributed by atoms with Crippen molar-refractivity contribution in [2.45, 2.75) is 135 Å². The minimum atomic E-state index is -0.845. The molecule has 0 saturated heterocycles. The Hall–Kier alpha value is -2.74. The maximum absolute atomic E-state index is 12.1. The first-order valence-corrected chi connectivity index (χ1v) is 17.1. The second-order valence-corrected chi connectivity index (χ2v) is 11.5. The molecule has 45 heavy (non-hydrogen) atoms. The second kappa shape index (κ2) is 31.3. The molecule has 0 fully saturated rings. The number of carbonyl (C=O) groups excluding carboxylic acids is 2. The largest absolute Gasteiger partial charge is 0.462 e. The lowest BCUT2D eigenvalue weighted by atomic mass is 10.00. The van der Waals surface area contributed by atoms with Crippen LogP contribution >= 0.6 is 0 Å². The molecule has 0 heterocycles. The van der Waals surface area contributed by atoms with Gasteiger partial charge in [-0.3, -0.25) is 9.59 Å². The number of aliphatic hydroxyl groups excluding tert-OH is 3. The van der Waals surface area contributed by atoms with Crippen molar-refractivity contribution in [2.24, 2.45) is 5.92 Å². The van der Waals surface area contributed by atoms with Crippen LogP contribution in [0.4, 0.5) is 0 Å². The molecule has 0 bridgehead atoms. The Morgan fingerprint density at radius 1 is 0.733 bits per heavy atom. The lowest BCUT2D eigenvalue weighted by molar-refractivity contribution is -0.161. The van der Waals surface area contributed by atoms with E-state index in [1.54, 1.807) is 24.3 Å². The van der Waals surface area contributed by atoms with E-state index in [-0.39, 0.29) is 19.0 Å². The van der Waals surface area contributed by atoms with Crippen LogP contribution in [0.25, 0.3) is 0 Å². The van der Waals surface area contributed by atoms with Crippen molar-refractivity contribution in [1.29, 1.82) is 0 Å². The number of allylic oxidation sites excluding steroid dienone is 8. The van der Waals surface area contributed by atoms with Crippen LogP contribution in [0.5, 0.6) is 0 Å². The van der Waals surface area contributed by atoms with Gasteiger partial charge in [-0.2, -0.15) is 0 Å². The molecule has 0 rings (SSSR count). The van der Waals surface area contributed by atoms with Gasteiger partial charge in [0.25, 0.3) is 0 Å². The molecule has 0 aliphatic rings. The maximum atomic E-state index is 12.1. The Bertz CT molecular complexity index is 900. The van der Waals surface area contributed by atoms with E-state index in [9.17, 15) is 24.9 Å². The van der Waals surface area contributed by atoms with E-state index in [1.165, 1.54) is 32.1 Å². The van der Waals surface area contributed by atoms with Crippen LogP contribution in [0.1, 0.15) is 117 Å². The SMILES string of the molecule is CC/C=C\C[C@@H](O)/C=C/C=C\C/C=C\C=C\[C@@H](O)/C=C\CCCC(=O)OC[C@H](CO)OC(=O)CCCCCCCCC(C)CC. The number of rotatable bonds is 28. The summed E-state index contributed by atoms with van der Waals surface area (Å²) < 4.78 is 10.4. The summed E-state index contributed by atoms with van der Waals surface area (Å²) in [7, 11) is 0. The summed E-state index contributed by atoms with van der Waals surface area (Å²) in [4.78, 5) is 24.1. The lowest BCUT2D eigenvalue weighted by Gasteiger charge is -2.15. The van der Waals surface area contributed by atoms with Crippen molar-refractivity contribution < 1.29 is 34.4 Å². The van der Waals surface area contributed by atoms with Crippen molar-refractivity contribution in [1.82, 2.24) is 0 Å². The molecule has 0 amide bonds. The van der Waals surface area contributed by atoms with Gasteiger partial charge in [0.15, 0.2) is 6.10 Å². The summed E-state index contributed by atoms with van der Waals surface area (Å²) in [6, 6.07) is 0. The van der Waals surface area contributed by atoms with Crippen LogP contribution < -0.4 is 0 Å². The van der Waals surface area contributed by atoms with Crippen LogP contribution in [0.3, 0.4) is 0 Å². The van der Waals surface area contributed by atoms with Crippen LogP contribution in [0.15, 0.2) is 72.9 Å². The molecule has 1 unspecified atom stereocenters. The molecule has 0 saturated carbocycles. The van der Waals surface area contributed by atoms with Gasteiger partial charge in [0.1, 0.15) is 6.61 Å². The first-order chi connectivity index (χ1) is 21.8. The highest BCUT2D eigenvalue weighted by Gasteiger charge is 2.16. The smallest absolute Gasteiger partial charge is 0.306 e. The van der Waals surface area contributed by atoms with Gasteiger partial charge in [0.2, 0.25) is 0 Å². The molecule has 0 aromatic heterocycles. The van der Waals surface area contributed by atoms with Crippen molar-refractivity contribution >= 4 is 11.9 Å². The quantitative estimate of drug-likeness (QED) is 0.0347. The fraction of sp³-hybridized carbons (Fsp3) is 0.632. The highest BCUT2D eigenvalue weighted by atomic mass is 16.6. The number of esters is 2. The van der Waals surface area contributed by atoms with Crippen molar-refractivity contribution in [2.75, 3.05) is 13.2 Å². The van der Waals surface area contributed by atoms with Crippen LogP contribution in [0, 0.1) is 5.92 Å². The van der Waals surface area contributed by atoms with Crippen molar-refractivity contribution in [3.05, 3.63) is 72.9 Å². The normalized spacial score (nSPS) is 15.2. The maximum Gasteiger partial charge on any atom is 0.306 e. The molecule has 0 aromatic carbocycles. The zero-order valence-corrected chi connectivity index (χ0v) is 28.2. The summed E-state index contributed by atoms with van der Waals surface area (Å²) in [5.74, 6) is 0.0151. The predicted molar refractivity (Wildman–Crippen MR) is 185 cm³/mol. The molecule has 7 nitrogen and oxygen atoms in total. The van der Waals surface area contributed by atoms with Gasteiger partial charge in [-0.05, 0) is 44.4 Å². The molecule has 0 aliphatic heterocycles. The van der Waals surface area contributed by atoms with E-state index in [1.807, 2.05) is 48.6 Å².